The number of nitrogens with one attached hydrogen (secondary N) is 1. The maximum absolute atomic E-state index is 12.0. The topological polar surface area (TPSA) is 74.7 Å². The summed E-state index contributed by atoms with van der Waals surface area (Å²) in [5, 5.41) is 13.3. The smallest absolute Gasteiger partial charge is 0.325 e. The van der Waals surface area contributed by atoms with Crippen LogP contribution in [0, 0.1) is 0 Å². The maximum Gasteiger partial charge on any atom is 0.325 e. The minimum absolute atomic E-state index is 0.110. The van der Waals surface area contributed by atoms with Crippen LogP contribution in [0.5, 0.6) is 0 Å². The van der Waals surface area contributed by atoms with Crippen molar-refractivity contribution in [3.8, 4) is 0 Å². The van der Waals surface area contributed by atoms with Crippen LogP contribution >= 0.6 is 0 Å². The van der Waals surface area contributed by atoms with E-state index in [9.17, 15) is 9.90 Å². The van der Waals surface area contributed by atoms with E-state index in [-0.39, 0.29) is 6.10 Å². The van der Waals surface area contributed by atoms with Crippen LogP contribution < -0.4 is 5.32 Å². The van der Waals surface area contributed by atoms with Gasteiger partial charge in [-0.05, 0) is 68.2 Å². The highest BCUT2D eigenvalue weighted by Crippen LogP contribution is 2.27. The van der Waals surface area contributed by atoms with E-state index in [2.05, 4.69) is 30.4 Å². The first-order valence-corrected chi connectivity index (χ1v) is 12.0. The van der Waals surface area contributed by atoms with E-state index in [0.29, 0.717) is 13.2 Å². The molecule has 0 spiro atoms. The van der Waals surface area contributed by atoms with Gasteiger partial charge in [0.25, 0.3) is 0 Å². The SMILES string of the molecule is CCc1cccc(C(C(=O)O)N2CC[C@@H](OCCCCc3ccc4c(n3)CCCN4)C2)c1. The van der Waals surface area contributed by atoms with Crippen LogP contribution in [-0.2, 0) is 28.8 Å². The molecule has 0 amide bonds. The maximum atomic E-state index is 12.0. The van der Waals surface area contributed by atoms with Gasteiger partial charge in [0.2, 0.25) is 0 Å². The number of carboxylic acids is 1. The van der Waals surface area contributed by atoms with Crippen molar-refractivity contribution in [1.82, 2.24) is 9.88 Å². The van der Waals surface area contributed by atoms with E-state index in [0.717, 1.165) is 69.3 Å². The first-order chi connectivity index (χ1) is 15.6. The van der Waals surface area contributed by atoms with E-state index in [4.69, 9.17) is 9.72 Å². The Hall–Kier alpha value is -2.44. The van der Waals surface area contributed by atoms with Crippen LogP contribution in [0.1, 0.15) is 61.2 Å². The highest BCUT2D eigenvalue weighted by atomic mass is 16.5. The van der Waals surface area contributed by atoms with Crippen LogP contribution in [-0.4, -0.2) is 53.3 Å². The molecule has 1 fully saturated rings. The summed E-state index contributed by atoms with van der Waals surface area (Å²) >= 11 is 0. The van der Waals surface area contributed by atoms with Gasteiger partial charge in [-0.25, -0.2) is 0 Å². The molecular weight excluding hydrogens is 402 g/mol. The van der Waals surface area contributed by atoms with E-state index in [1.165, 1.54) is 16.9 Å². The molecule has 1 saturated heterocycles. The Balaban J connectivity index is 1.21. The van der Waals surface area contributed by atoms with Crippen LogP contribution in [0.3, 0.4) is 0 Å². The normalized spacial score (nSPS) is 19.3. The number of fused-ring (bicyclic) bond motifs is 1. The number of nitrogens with zero attached hydrogens (tertiary/aromatic N) is 2. The molecule has 0 aliphatic carbocycles. The Morgan fingerprint density at radius 2 is 2.22 bits per heavy atom. The quantitative estimate of drug-likeness (QED) is 0.542. The lowest BCUT2D eigenvalue weighted by atomic mass is 10.0. The number of carboxylic acid groups (broad SMARTS) is 1. The molecule has 32 heavy (non-hydrogen) atoms. The Kier molecular flexibility index (Phi) is 7.76. The van der Waals surface area contributed by atoms with E-state index in [1.54, 1.807) is 0 Å². The first kappa shape index (κ1) is 22.7. The number of benzene rings is 1. The number of aliphatic carboxylic acids is 1. The lowest BCUT2D eigenvalue weighted by Crippen LogP contribution is -2.33. The van der Waals surface area contributed by atoms with Crippen molar-refractivity contribution in [2.24, 2.45) is 0 Å². The van der Waals surface area contributed by atoms with Crippen molar-refractivity contribution < 1.29 is 14.6 Å². The molecule has 2 N–H and O–H groups in total. The average molecular weight is 438 g/mol. The van der Waals surface area contributed by atoms with Gasteiger partial charge < -0.3 is 15.2 Å². The van der Waals surface area contributed by atoms with Gasteiger partial charge in [-0.2, -0.15) is 0 Å². The minimum Gasteiger partial charge on any atom is -0.480 e. The zero-order valence-electron chi connectivity index (χ0n) is 19.1. The average Bonchev–Trinajstić information content (AvgIpc) is 3.27. The molecule has 2 aliphatic rings. The van der Waals surface area contributed by atoms with Crippen LogP contribution in [0.25, 0.3) is 0 Å². The van der Waals surface area contributed by atoms with Gasteiger partial charge in [-0.15, -0.1) is 0 Å². The van der Waals surface area contributed by atoms with Gasteiger partial charge in [0.1, 0.15) is 6.04 Å². The number of pyridine rings is 1. The van der Waals surface area contributed by atoms with Crippen LogP contribution in [0.15, 0.2) is 36.4 Å². The van der Waals surface area contributed by atoms with Gasteiger partial charge in [0.05, 0.1) is 17.5 Å². The van der Waals surface area contributed by atoms with Gasteiger partial charge in [0.15, 0.2) is 0 Å². The molecule has 1 unspecified atom stereocenters. The summed E-state index contributed by atoms with van der Waals surface area (Å²) in [6, 6.07) is 11.7. The van der Waals surface area contributed by atoms with Crippen molar-refractivity contribution in [3.63, 3.8) is 0 Å². The fourth-order valence-corrected chi connectivity index (χ4v) is 4.79. The van der Waals surface area contributed by atoms with Gasteiger partial charge in [0, 0.05) is 31.9 Å². The Labute approximate surface area is 191 Å². The molecule has 0 saturated carbocycles. The van der Waals surface area contributed by atoms with Crippen molar-refractivity contribution >= 4 is 11.7 Å². The molecule has 6 heteroatoms. The lowest BCUT2D eigenvalue weighted by Gasteiger charge is -2.25. The third kappa shape index (κ3) is 5.67. The molecule has 172 valence electrons. The van der Waals surface area contributed by atoms with Gasteiger partial charge >= 0.3 is 5.97 Å². The molecule has 4 rings (SSSR count). The Morgan fingerprint density at radius 1 is 1.31 bits per heavy atom. The summed E-state index contributed by atoms with van der Waals surface area (Å²) in [6.45, 7) is 5.28. The van der Waals surface area contributed by atoms with Crippen molar-refractivity contribution in [1.29, 1.82) is 0 Å². The van der Waals surface area contributed by atoms with Crippen LogP contribution in [0.2, 0.25) is 0 Å². The van der Waals surface area contributed by atoms with E-state index >= 15 is 0 Å². The number of rotatable bonds is 10. The summed E-state index contributed by atoms with van der Waals surface area (Å²) in [4.78, 5) is 18.9. The summed E-state index contributed by atoms with van der Waals surface area (Å²) in [7, 11) is 0. The molecule has 0 radical (unpaired) electrons. The first-order valence-electron chi connectivity index (χ1n) is 12.0. The summed E-state index contributed by atoms with van der Waals surface area (Å²) in [5.41, 5.74) is 5.59. The minimum atomic E-state index is -0.786. The summed E-state index contributed by atoms with van der Waals surface area (Å²) in [6.07, 6.45) is 7.15. The van der Waals surface area contributed by atoms with Crippen molar-refractivity contribution in [2.75, 3.05) is 31.6 Å². The molecule has 2 aliphatic heterocycles. The zero-order chi connectivity index (χ0) is 22.3. The molecule has 1 aromatic carbocycles. The predicted molar refractivity (Wildman–Crippen MR) is 126 cm³/mol. The molecule has 2 atom stereocenters. The second kappa shape index (κ2) is 10.9. The number of unbranched alkanes of at least 4 members (excludes halogenated alkanes) is 1. The summed E-state index contributed by atoms with van der Waals surface area (Å²) in [5.74, 6) is -0.786. The number of anilines is 1. The fourth-order valence-electron chi connectivity index (χ4n) is 4.79. The number of hydrogen-bond acceptors (Lipinski definition) is 5. The second-order valence-electron chi connectivity index (χ2n) is 8.90. The fraction of sp³-hybridized carbons (Fsp3) is 0.538. The zero-order valence-corrected chi connectivity index (χ0v) is 19.1. The van der Waals surface area contributed by atoms with Crippen molar-refractivity contribution in [3.05, 3.63) is 58.9 Å². The largest absolute Gasteiger partial charge is 0.480 e. The molecule has 2 aromatic rings. The standard InChI is InChI=1S/C26H35N3O3/c1-2-19-7-5-8-20(17-19)25(26(30)31)29-15-13-22(18-29)32-16-4-3-9-21-11-12-23-24(28-21)10-6-14-27-23/h5,7-8,11-12,17,22,25,27H,2-4,6,9-10,13-16,18H2,1H3,(H,30,31)/t22-,25?/m1/s1. The number of carbonyl (C=O) groups is 1. The monoisotopic (exact) mass is 437 g/mol. The number of likely N-dealkylation sites (tertiary alicyclic amines) is 1. The van der Waals surface area contributed by atoms with E-state index < -0.39 is 12.0 Å². The van der Waals surface area contributed by atoms with Crippen molar-refractivity contribution in [2.45, 2.75) is 64.0 Å². The Morgan fingerprint density at radius 3 is 3.06 bits per heavy atom. The third-order valence-electron chi connectivity index (χ3n) is 6.57. The highest BCUT2D eigenvalue weighted by Gasteiger charge is 2.34. The number of ether oxygens (including phenoxy) is 1. The highest BCUT2D eigenvalue weighted by molar-refractivity contribution is 5.75. The third-order valence-corrected chi connectivity index (χ3v) is 6.57. The number of aromatic nitrogens is 1. The van der Waals surface area contributed by atoms with Gasteiger partial charge in [-0.3, -0.25) is 14.7 Å². The van der Waals surface area contributed by atoms with Gasteiger partial charge in [-0.1, -0.05) is 31.2 Å². The number of aryl methyl sites for hydroxylation is 3. The molecule has 6 nitrogen and oxygen atoms in total. The molecule has 0 bridgehead atoms. The summed E-state index contributed by atoms with van der Waals surface area (Å²) < 4.78 is 6.11. The van der Waals surface area contributed by atoms with Crippen LogP contribution in [0.4, 0.5) is 5.69 Å². The Bertz CT molecular complexity index is 917. The predicted octanol–water partition coefficient (Wildman–Crippen LogP) is 4.24. The second-order valence-corrected chi connectivity index (χ2v) is 8.90. The molecule has 3 heterocycles. The van der Waals surface area contributed by atoms with E-state index in [1.807, 2.05) is 23.1 Å². The lowest BCUT2D eigenvalue weighted by molar-refractivity contribution is -0.143. The molecule has 1 aromatic heterocycles. The number of hydrogen-bond donors (Lipinski definition) is 2. The molecular formula is C26H35N3O3.